The van der Waals surface area contributed by atoms with Crippen molar-refractivity contribution in [2.24, 2.45) is 5.73 Å². The van der Waals surface area contributed by atoms with E-state index in [0.29, 0.717) is 16.6 Å². The van der Waals surface area contributed by atoms with Gasteiger partial charge in [0.2, 0.25) is 5.91 Å². The lowest BCUT2D eigenvalue weighted by Crippen LogP contribution is -2.43. The van der Waals surface area contributed by atoms with Crippen molar-refractivity contribution in [3.8, 4) is 0 Å². The topological polar surface area (TPSA) is 101 Å². The van der Waals surface area contributed by atoms with Crippen LogP contribution >= 0.6 is 11.8 Å². The quantitative estimate of drug-likeness (QED) is 0.479. The van der Waals surface area contributed by atoms with Crippen LogP contribution < -0.4 is 16.6 Å². The van der Waals surface area contributed by atoms with Gasteiger partial charge in [0.15, 0.2) is 5.16 Å². The molecule has 1 atom stereocenters. The Hall–Kier alpha value is -1.34. The summed E-state index contributed by atoms with van der Waals surface area (Å²) in [5.74, 6) is 0.0489. The molecule has 0 bridgehead atoms. The van der Waals surface area contributed by atoms with Gasteiger partial charge in [-0.05, 0) is 19.9 Å². The zero-order valence-electron chi connectivity index (χ0n) is 10.5. The van der Waals surface area contributed by atoms with E-state index in [-0.39, 0.29) is 5.56 Å². The molecule has 0 radical (unpaired) electrons. The number of nitrogens with two attached hydrogens (primary N) is 1. The van der Waals surface area contributed by atoms with Crippen molar-refractivity contribution >= 4 is 17.7 Å². The lowest BCUT2D eigenvalue weighted by atomic mass is 10.3. The molecule has 0 spiro atoms. The Morgan fingerprint density at radius 1 is 1.67 bits per heavy atom. The van der Waals surface area contributed by atoms with Gasteiger partial charge in [0.1, 0.15) is 0 Å². The van der Waals surface area contributed by atoms with Gasteiger partial charge in [-0.15, -0.1) is 0 Å². The maximum Gasteiger partial charge on any atom is 0.251 e. The Labute approximate surface area is 110 Å². The second-order valence-corrected chi connectivity index (χ2v) is 4.92. The first-order valence-corrected chi connectivity index (χ1v) is 6.75. The van der Waals surface area contributed by atoms with E-state index < -0.39 is 11.9 Å². The van der Waals surface area contributed by atoms with Crippen molar-refractivity contribution < 1.29 is 4.79 Å². The van der Waals surface area contributed by atoms with E-state index in [1.54, 1.807) is 6.92 Å². The van der Waals surface area contributed by atoms with Gasteiger partial charge in [-0.25, -0.2) is 4.98 Å². The number of primary amides is 1. The summed E-state index contributed by atoms with van der Waals surface area (Å²) in [6.45, 7) is 4.49. The van der Waals surface area contributed by atoms with E-state index in [9.17, 15) is 9.59 Å². The summed E-state index contributed by atoms with van der Waals surface area (Å²) >= 11 is 1.31. The fourth-order valence-corrected chi connectivity index (χ4v) is 2.33. The Morgan fingerprint density at radius 2 is 2.39 bits per heavy atom. The monoisotopic (exact) mass is 270 g/mol. The Kier molecular flexibility index (Phi) is 5.87. The molecule has 7 heteroatoms. The molecule has 4 N–H and O–H groups in total. The number of aromatic amines is 1. The van der Waals surface area contributed by atoms with E-state index in [1.165, 1.54) is 17.8 Å². The molecule has 1 unspecified atom stereocenters. The standard InChI is InChI=1S/C11H18N4O2S/c1-3-4-13-8(10(12)17)6-18-11-14-7(2)5-9(16)15-11/h5,8,13H,3-4,6H2,1-2H3,(H2,12,17)(H,14,15,16). The van der Waals surface area contributed by atoms with Crippen molar-refractivity contribution in [2.75, 3.05) is 12.3 Å². The zero-order chi connectivity index (χ0) is 13.5. The molecule has 1 amide bonds. The third kappa shape index (κ3) is 4.89. The number of H-pyrrole nitrogens is 1. The number of aromatic nitrogens is 2. The molecule has 0 aromatic carbocycles. The fraction of sp³-hybridized carbons (Fsp3) is 0.545. The minimum absolute atomic E-state index is 0.192. The average molecular weight is 270 g/mol. The molecular weight excluding hydrogens is 252 g/mol. The fourth-order valence-electron chi connectivity index (χ4n) is 1.34. The highest BCUT2D eigenvalue weighted by molar-refractivity contribution is 7.99. The summed E-state index contributed by atoms with van der Waals surface area (Å²) in [5, 5.41) is 3.56. The van der Waals surface area contributed by atoms with Crippen LogP contribution in [0.5, 0.6) is 0 Å². The van der Waals surface area contributed by atoms with Gasteiger partial charge < -0.3 is 16.0 Å². The molecule has 1 aromatic rings. The molecule has 1 rings (SSSR count). The van der Waals surface area contributed by atoms with Gasteiger partial charge in [0.25, 0.3) is 5.56 Å². The van der Waals surface area contributed by atoms with Crippen LogP contribution in [0.3, 0.4) is 0 Å². The van der Waals surface area contributed by atoms with E-state index in [4.69, 9.17) is 5.73 Å². The minimum atomic E-state index is -0.416. The summed E-state index contributed by atoms with van der Waals surface area (Å²) in [7, 11) is 0. The Bertz CT molecular complexity index is 461. The highest BCUT2D eigenvalue weighted by Crippen LogP contribution is 2.12. The average Bonchev–Trinajstić information content (AvgIpc) is 2.27. The number of carbonyl (C=O) groups excluding carboxylic acids is 1. The predicted molar refractivity (Wildman–Crippen MR) is 71.6 cm³/mol. The molecule has 1 heterocycles. The largest absolute Gasteiger partial charge is 0.368 e. The first-order chi connectivity index (χ1) is 8.52. The minimum Gasteiger partial charge on any atom is -0.368 e. The smallest absolute Gasteiger partial charge is 0.251 e. The van der Waals surface area contributed by atoms with Gasteiger partial charge in [-0.3, -0.25) is 9.59 Å². The zero-order valence-corrected chi connectivity index (χ0v) is 11.3. The lowest BCUT2D eigenvalue weighted by molar-refractivity contribution is -0.119. The van der Waals surface area contributed by atoms with Gasteiger partial charge in [0, 0.05) is 17.5 Å². The number of nitrogens with one attached hydrogen (secondary N) is 2. The summed E-state index contributed by atoms with van der Waals surface area (Å²) in [4.78, 5) is 29.2. The van der Waals surface area contributed by atoms with Crippen molar-refractivity contribution in [3.63, 3.8) is 0 Å². The summed E-state index contributed by atoms with van der Waals surface area (Å²) in [6.07, 6.45) is 0.925. The van der Waals surface area contributed by atoms with Crippen LogP contribution in [0.25, 0.3) is 0 Å². The molecule has 0 saturated heterocycles. The van der Waals surface area contributed by atoms with Gasteiger partial charge in [-0.1, -0.05) is 18.7 Å². The Balaban J connectivity index is 2.60. The molecule has 6 nitrogen and oxygen atoms in total. The van der Waals surface area contributed by atoms with Crippen LogP contribution in [-0.4, -0.2) is 34.2 Å². The van der Waals surface area contributed by atoms with Gasteiger partial charge in [-0.2, -0.15) is 0 Å². The first-order valence-electron chi connectivity index (χ1n) is 5.76. The first kappa shape index (κ1) is 14.7. The summed E-state index contributed by atoms with van der Waals surface area (Å²) in [6, 6.07) is 1.01. The highest BCUT2D eigenvalue weighted by Gasteiger charge is 2.15. The predicted octanol–water partition coefficient (Wildman–Crippen LogP) is 0.0239. The normalized spacial score (nSPS) is 12.3. The molecule has 0 aliphatic rings. The molecule has 0 aliphatic carbocycles. The van der Waals surface area contributed by atoms with Crippen molar-refractivity contribution in [2.45, 2.75) is 31.5 Å². The Morgan fingerprint density at radius 3 is 2.94 bits per heavy atom. The second kappa shape index (κ2) is 7.17. The molecule has 0 saturated carbocycles. The van der Waals surface area contributed by atoms with Crippen LogP contribution in [0.4, 0.5) is 0 Å². The molecular formula is C11H18N4O2S. The number of hydrogen-bond donors (Lipinski definition) is 3. The van der Waals surface area contributed by atoms with E-state index in [1.807, 2.05) is 6.92 Å². The van der Waals surface area contributed by atoms with Crippen LogP contribution in [0.2, 0.25) is 0 Å². The van der Waals surface area contributed by atoms with E-state index in [2.05, 4.69) is 15.3 Å². The number of carbonyl (C=O) groups is 1. The van der Waals surface area contributed by atoms with Gasteiger partial charge >= 0.3 is 0 Å². The number of hydrogen-bond acceptors (Lipinski definition) is 5. The van der Waals surface area contributed by atoms with E-state index in [0.717, 1.165) is 13.0 Å². The number of aryl methyl sites for hydroxylation is 1. The number of nitrogens with zero attached hydrogens (tertiary/aromatic N) is 1. The maximum atomic E-state index is 11.2. The number of amides is 1. The summed E-state index contributed by atoms with van der Waals surface area (Å²) < 4.78 is 0. The lowest BCUT2D eigenvalue weighted by Gasteiger charge is -2.13. The van der Waals surface area contributed by atoms with Gasteiger partial charge in [0.05, 0.1) is 6.04 Å². The SMILES string of the molecule is CCCNC(CSc1nc(C)cc(=O)[nH]1)C(N)=O. The number of thioether (sulfide) groups is 1. The van der Waals surface area contributed by atoms with Crippen molar-refractivity contribution in [3.05, 3.63) is 22.1 Å². The van der Waals surface area contributed by atoms with Crippen molar-refractivity contribution in [1.82, 2.24) is 15.3 Å². The molecule has 0 fully saturated rings. The highest BCUT2D eigenvalue weighted by atomic mass is 32.2. The summed E-state index contributed by atoms with van der Waals surface area (Å²) in [5.41, 5.74) is 5.75. The molecule has 1 aromatic heterocycles. The molecule has 0 aliphatic heterocycles. The number of rotatable bonds is 7. The molecule has 18 heavy (non-hydrogen) atoms. The maximum absolute atomic E-state index is 11.2. The van der Waals surface area contributed by atoms with E-state index >= 15 is 0 Å². The third-order valence-electron chi connectivity index (χ3n) is 2.22. The van der Waals surface area contributed by atoms with Crippen molar-refractivity contribution in [1.29, 1.82) is 0 Å². The van der Waals surface area contributed by atoms with Crippen LogP contribution in [0.1, 0.15) is 19.0 Å². The van der Waals surface area contributed by atoms with Crippen LogP contribution in [-0.2, 0) is 4.79 Å². The second-order valence-electron chi connectivity index (χ2n) is 3.91. The van der Waals surface area contributed by atoms with Crippen LogP contribution in [0.15, 0.2) is 16.0 Å². The third-order valence-corrected chi connectivity index (χ3v) is 3.19. The molecule has 100 valence electrons. The van der Waals surface area contributed by atoms with Crippen LogP contribution in [0, 0.1) is 6.92 Å².